The predicted molar refractivity (Wildman–Crippen MR) is 171 cm³/mol. The van der Waals surface area contributed by atoms with Crippen LogP contribution >= 0.6 is 0 Å². The highest BCUT2D eigenvalue weighted by Gasteiger charge is 2.17. The predicted octanol–water partition coefficient (Wildman–Crippen LogP) is 6.44. The van der Waals surface area contributed by atoms with Gasteiger partial charge in [0.1, 0.15) is 5.82 Å². The smallest absolute Gasteiger partial charge is 0.256 e. The van der Waals surface area contributed by atoms with Crippen LogP contribution in [0.4, 0.5) is 22.9 Å². The molecule has 0 aliphatic carbocycles. The molecule has 6 rings (SSSR count). The van der Waals surface area contributed by atoms with Gasteiger partial charge in [-0.2, -0.15) is 0 Å². The minimum atomic E-state index is -0.176. The van der Waals surface area contributed by atoms with Gasteiger partial charge in [0, 0.05) is 52.9 Å². The molecule has 0 radical (unpaired) electrons. The first-order valence-electron chi connectivity index (χ1n) is 14.3. The number of benzene rings is 4. The van der Waals surface area contributed by atoms with Crippen molar-refractivity contribution in [2.24, 2.45) is 0 Å². The zero-order valence-corrected chi connectivity index (χ0v) is 24.0. The van der Waals surface area contributed by atoms with Gasteiger partial charge in [0.25, 0.3) is 5.91 Å². The summed E-state index contributed by atoms with van der Waals surface area (Å²) in [7, 11) is 0. The van der Waals surface area contributed by atoms with Crippen LogP contribution in [-0.2, 0) is 11.3 Å². The number of morpholine rings is 1. The summed E-state index contributed by atoms with van der Waals surface area (Å²) >= 11 is 0. The molecular weight excluding hydrogens is 538 g/mol. The summed E-state index contributed by atoms with van der Waals surface area (Å²) in [4.78, 5) is 25.2. The Morgan fingerprint density at radius 2 is 1.60 bits per heavy atom. The number of carbonyl (C=O) groups excluding carboxylic acids is 1. The molecule has 4 aromatic carbocycles. The highest BCUT2D eigenvalue weighted by Crippen LogP contribution is 2.29. The summed E-state index contributed by atoms with van der Waals surface area (Å²) in [6, 6.07) is 32.9. The maximum atomic E-state index is 13.3. The molecule has 3 N–H and O–H groups in total. The Hall–Kier alpha value is -5.05. The topological polar surface area (TPSA) is 99.6 Å². The number of ether oxygens (including phenoxy) is 1. The van der Waals surface area contributed by atoms with Crippen LogP contribution < -0.4 is 15.5 Å². The Balaban J connectivity index is 1.25. The van der Waals surface area contributed by atoms with Gasteiger partial charge in [-0.1, -0.05) is 54.6 Å². The van der Waals surface area contributed by atoms with Crippen molar-refractivity contribution in [3.8, 4) is 22.6 Å². The Morgan fingerprint density at radius 1 is 0.837 bits per heavy atom. The molecule has 1 aliphatic rings. The van der Waals surface area contributed by atoms with Crippen LogP contribution in [0, 0.1) is 6.92 Å². The van der Waals surface area contributed by atoms with Gasteiger partial charge >= 0.3 is 0 Å². The maximum Gasteiger partial charge on any atom is 0.256 e. The number of para-hydroxylation sites is 1. The fraction of sp³-hybridized carbons (Fsp3) is 0.171. The molecule has 1 saturated heterocycles. The molecule has 1 fully saturated rings. The number of nitrogens with zero attached hydrogens (tertiary/aromatic N) is 3. The van der Waals surface area contributed by atoms with E-state index in [0.717, 1.165) is 58.2 Å². The number of aliphatic hydroxyl groups excluding tert-OH is 1. The summed E-state index contributed by atoms with van der Waals surface area (Å²) in [5, 5.41) is 16.1. The number of nitrogens with one attached hydrogen (secondary N) is 2. The number of aliphatic hydroxyl groups is 1. The van der Waals surface area contributed by atoms with Crippen LogP contribution in [0.5, 0.6) is 0 Å². The fourth-order valence-corrected chi connectivity index (χ4v) is 5.09. The third-order valence-electron chi connectivity index (χ3n) is 7.49. The van der Waals surface area contributed by atoms with Crippen LogP contribution in [0.2, 0.25) is 0 Å². The molecule has 2 heterocycles. The standard InChI is InChI=1S/C35H33N5O3/c1-24-30(11-6-12-31(24)36-28-9-3-2-4-10-28)35(42)37-29-15-13-26(14-16-29)32-22-33(40-17-19-43-20-18-40)39-34(38-32)27-8-5-7-25(21-27)23-41/h2-16,21-22,36,41H,17-20,23H2,1H3,(H,37,42). The van der Waals surface area contributed by atoms with Gasteiger partial charge in [0.15, 0.2) is 5.82 Å². The number of aromatic nitrogens is 2. The molecule has 0 spiro atoms. The van der Waals surface area contributed by atoms with Crippen molar-refractivity contribution >= 4 is 28.8 Å². The Labute approximate surface area is 251 Å². The molecule has 216 valence electrons. The van der Waals surface area contributed by atoms with Crippen molar-refractivity contribution < 1.29 is 14.6 Å². The molecule has 0 atom stereocenters. The Morgan fingerprint density at radius 3 is 2.37 bits per heavy atom. The van der Waals surface area contributed by atoms with Crippen molar-refractivity contribution in [2.45, 2.75) is 13.5 Å². The molecule has 43 heavy (non-hydrogen) atoms. The molecule has 5 aromatic rings. The Kier molecular flexibility index (Phi) is 8.40. The second-order valence-corrected chi connectivity index (χ2v) is 10.4. The number of amides is 1. The molecule has 1 aliphatic heterocycles. The van der Waals surface area contributed by atoms with E-state index in [9.17, 15) is 9.90 Å². The molecular formula is C35H33N5O3. The fourth-order valence-electron chi connectivity index (χ4n) is 5.09. The van der Waals surface area contributed by atoms with Crippen LogP contribution in [0.15, 0.2) is 103 Å². The molecule has 1 amide bonds. The molecule has 0 unspecified atom stereocenters. The van der Waals surface area contributed by atoms with E-state index in [1.807, 2.05) is 110 Å². The van der Waals surface area contributed by atoms with E-state index in [-0.39, 0.29) is 12.5 Å². The monoisotopic (exact) mass is 571 g/mol. The second-order valence-electron chi connectivity index (χ2n) is 10.4. The van der Waals surface area contributed by atoms with Crippen molar-refractivity contribution in [3.05, 3.63) is 120 Å². The summed E-state index contributed by atoms with van der Waals surface area (Å²) in [6.07, 6.45) is 0. The molecule has 8 nitrogen and oxygen atoms in total. The van der Waals surface area contributed by atoms with Crippen molar-refractivity contribution in [2.75, 3.05) is 41.8 Å². The van der Waals surface area contributed by atoms with Gasteiger partial charge in [0.2, 0.25) is 0 Å². The van der Waals surface area contributed by atoms with E-state index >= 15 is 0 Å². The lowest BCUT2D eigenvalue weighted by Gasteiger charge is -2.28. The number of carbonyl (C=O) groups is 1. The highest BCUT2D eigenvalue weighted by molar-refractivity contribution is 6.06. The Bertz CT molecular complexity index is 1720. The second kappa shape index (κ2) is 12.9. The lowest BCUT2D eigenvalue weighted by molar-refractivity contribution is 0.102. The van der Waals surface area contributed by atoms with Gasteiger partial charge in [-0.05, 0) is 60.5 Å². The summed E-state index contributed by atoms with van der Waals surface area (Å²) in [5.41, 5.74) is 7.32. The van der Waals surface area contributed by atoms with E-state index in [1.54, 1.807) is 0 Å². The molecule has 0 saturated carbocycles. The number of hydrogen-bond donors (Lipinski definition) is 3. The van der Waals surface area contributed by atoms with Crippen LogP contribution in [0.25, 0.3) is 22.6 Å². The van der Waals surface area contributed by atoms with Gasteiger partial charge in [0.05, 0.1) is 25.5 Å². The average molecular weight is 572 g/mol. The summed E-state index contributed by atoms with van der Waals surface area (Å²) < 4.78 is 5.55. The first kappa shape index (κ1) is 28.1. The van der Waals surface area contributed by atoms with E-state index < -0.39 is 0 Å². The quantitative estimate of drug-likeness (QED) is 0.197. The lowest BCUT2D eigenvalue weighted by Crippen LogP contribution is -2.36. The van der Waals surface area contributed by atoms with Crippen LogP contribution in [-0.4, -0.2) is 47.3 Å². The van der Waals surface area contributed by atoms with E-state index in [4.69, 9.17) is 14.7 Å². The molecule has 8 heteroatoms. The summed E-state index contributed by atoms with van der Waals surface area (Å²) in [6.45, 7) is 4.68. The zero-order valence-electron chi connectivity index (χ0n) is 24.0. The largest absolute Gasteiger partial charge is 0.392 e. The third kappa shape index (κ3) is 6.56. The SMILES string of the molecule is Cc1c(Nc2ccccc2)cccc1C(=O)Nc1ccc(-c2cc(N3CCOCC3)nc(-c3cccc(CO)c3)n2)cc1. The van der Waals surface area contributed by atoms with Gasteiger partial charge in [-0.25, -0.2) is 9.97 Å². The normalized spacial score (nSPS) is 13.0. The number of anilines is 4. The first-order chi connectivity index (χ1) is 21.1. The molecule has 1 aromatic heterocycles. The zero-order chi connectivity index (χ0) is 29.6. The van der Waals surface area contributed by atoms with Gasteiger partial charge < -0.3 is 25.4 Å². The van der Waals surface area contributed by atoms with Crippen molar-refractivity contribution in [3.63, 3.8) is 0 Å². The van der Waals surface area contributed by atoms with E-state index in [2.05, 4.69) is 15.5 Å². The van der Waals surface area contributed by atoms with Gasteiger partial charge in [-0.3, -0.25) is 4.79 Å². The van der Waals surface area contributed by atoms with Gasteiger partial charge in [-0.15, -0.1) is 0 Å². The van der Waals surface area contributed by atoms with E-state index in [0.29, 0.717) is 30.3 Å². The van der Waals surface area contributed by atoms with Crippen molar-refractivity contribution in [1.29, 1.82) is 0 Å². The van der Waals surface area contributed by atoms with Crippen LogP contribution in [0.1, 0.15) is 21.5 Å². The third-order valence-corrected chi connectivity index (χ3v) is 7.49. The van der Waals surface area contributed by atoms with Crippen molar-refractivity contribution in [1.82, 2.24) is 9.97 Å². The average Bonchev–Trinajstić information content (AvgIpc) is 3.06. The maximum absolute atomic E-state index is 13.3. The number of rotatable bonds is 8. The number of hydrogen-bond acceptors (Lipinski definition) is 7. The molecule has 0 bridgehead atoms. The highest BCUT2D eigenvalue weighted by atomic mass is 16.5. The van der Waals surface area contributed by atoms with Crippen LogP contribution in [0.3, 0.4) is 0 Å². The minimum absolute atomic E-state index is 0.0512. The lowest BCUT2D eigenvalue weighted by atomic mass is 10.1. The first-order valence-corrected chi connectivity index (χ1v) is 14.3. The van der Waals surface area contributed by atoms with E-state index in [1.165, 1.54) is 0 Å². The minimum Gasteiger partial charge on any atom is -0.392 e. The summed E-state index contributed by atoms with van der Waals surface area (Å²) in [5.74, 6) is 1.24.